The Hall–Kier alpha value is -2.61. The van der Waals surface area contributed by atoms with E-state index < -0.39 is 0 Å². The predicted molar refractivity (Wildman–Crippen MR) is 143 cm³/mol. The van der Waals surface area contributed by atoms with Crippen molar-refractivity contribution in [1.82, 2.24) is 0 Å². The zero-order valence-corrected chi connectivity index (χ0v) is 21.6. The van der Waals surface area contributed by atoms with Crippen molar-refractivity contribution in [2.24, 2.45) is 5.41 Å². The molecule has 2 heteroatoms. The molecule has 1 aliphatic rings. The lowest BCUT2D eigenvalue weighted by molar-refractivity contribution is -0.124. The zero-order valence-electron chi connectivity index (χ0n) is 21.6. The van der Waals surface area contributed by atoms with Gasteiger partial charge < -0.3 is 5.32 Å². The topological polar surface area (TPSA) is 29.1 Å². The molecule has 0 aliphatic heterocycles. The van der Waals surface area contributed by atoms with Crippen LogP contribution in [0.4, 0.5) is 5.69 Å². The van der Waals surface area contributed by atoms with Gasteiger partial charge in [0.15, 0.2) is 0 Å². The van der Waals surface area contributed by atoms with E-state index in [9.17, 15) is 4.79 Å². The minimum absolute atomic E-state index is 0.0752. The second kappa shape index (κ2) is 13.1. The smallest absolute Gasteiger partial charge is 0.230 e. The van der Waals surface area contributed by atoms with Crippen molar-refractivity contribution in [1.29, 1.82) is 0 Å². The van der Waals surface area contributed by atoms with E-state index in [1.807, 2.05) is 78.8 Å². The molecular formula is C30H43NO. The Kier molecular flexibility index (Phi) is 11.2. The molecule has 0 radical (unpaired) electrons. The van der Waals surface area contributed by atoms with Gasteiger partial charge >= 0.3 is 0 Å². The van der Waals surface area contributed by atoms with Crippen LogP contribution in [0.2, 0.25) is 0 Å². The number of nitrogens with one attached hydrogen (secondary N) is 1. The molecule has 3 aromatic rings. The van der Waals surface area contributed by atoms with Crippen molar-refractivity contribution in [3.05, 3.63) is 77.9 Å². The van der Waals surface area contributed by atoms with Crippen molar-refractivity contribution in [3.8, 4) is 0 Å². The standard InChI is InChI=1S/C14H14.C12H17NO.2C2H6/c1-9-10(2)13-8-4-6-11-5-3-7-12(9)14(11)13;1-4-12(2,3)11(14)13-10-8-6-5-7-9-10;2*1-2/h3-10H,1-2H3;5-9H,4H2,1-3H3,(H,13,14);2*1-2H3. The fraction of sp³-hybridized carbons (Fsp3) is 0.433. The third-order valence-corrected chi connectivity index (χ3v) is 6.23. The Balaban J connectivity index is 0.000000277. The summed E-state index contributed by atoms with van der Waals surface area (Å²) in [6.07, 6.45) is 0.839. The van der Waals surface area contributed by atoms with Crippen LogP contribution in [0.3, 0.4) is 0 Å². The Morgan fingerprint density at radius 1 is 0.781 bits per heavy atom. The molecule has 0 bridgehead atoms. The lowest BCUT2D eigenvalue weighted by Crippen LogP contribution is -2.29. The largest absolute Gasteiger partial charge is 0.326 e. The number of amides is 1. The van der Waals surface area contributed by atoms with Crippen LogP contribution < -0.4 is 5.32 Å². The maximum absolute atomic E-state index is 11.8. The molecule has 0 saturated heterocycles. The molecule has 174 valence electrons. The van der Waals surface area contributed by atoms with Crippen LogP contribution in [0.1, 0.15) is 91.7 Å². The summed E-state index contributed by atoms with van der Waals surface area (Å²) in [5, 5.41) is 5.80. The van der Waals surface area contributed by atoms with Gasteiger partial charge in [0.05, 0.1) is 0 Å². The molecule has 0 fully saturated rings. The molecule has 0 heterocycles. The van der Waals surface area contributed by atoms with Crippen molar-refractivity contribution in [2.45, 2.75) is 80.6 Å². The SMILES string of the molecule is CC.CC.CC1c2cccc3cccc(c23)C1C.CCC(C)(C)C(=O)Nc1ccccc1. The Bertz CT molecular complexity index is 916. The molecule has 0 saturated carbocycles. The van der Waals surface area contributed by atoms with Crippen molar-refractivity contribution < 1.29 is 4.79 Å². The summed E-state index contributed by atoms with van der Waals surface area (Å²) in [7, 11) is 0. The molecule has 32 heavy (non-hydrogen) atoms. The second-order valence-corrected chi connectivity index (χ2v) is 8.43. The third kappa shape index (κ3) is 6.45. The van der Waals surface area contributed by atoms with E-state index in [0.717, 1.165) is 12.1 Å². The third-order valence-electron chi connectivity index (χ3n) is 6.23. The number of hydrogen-bond acceptors (Lipinski definition) is 1. The van der Waals surface area contributed by atoms with Crippen molar-refractivity contribution >= 4 is 22.4 Å². The summed E-state index contributed by atoms with van der Waals surface area (Å²) >= 11 is 0. The highest BCUT2D eigenvalue weighted by Gasteiger charge is 2.27. The monoisotopic (exact) mass is 433 g/mol. The number of anilines is 1. The van der Waals surface area contributed by atoms with Crippen LogP contribution in [0.15, 0.2) is 66.7 Å². The van der Waals surface area contributed by atoms with E-state index in [2.05, 4.69) is 55.6 Å². The highest BCUT2D eigenvalue weighted by atomic mass is 16.2. The normalized spacial score (nSPS) is 15.9. The Morgan fingerprint density at radius 3 is 1.69 bits per heavy atom. The van der Waals surface area contributed by atoms with E-state index >= 15 is 0 Å². The fourth-order valence-corrected chi connectivity index (χ4v) is 3.68. The van der Waals surface area contributed by atoms with Crippen LogP contribution in [0.25, 0.3) is 10.8 Å². The highest BCUT2D eigenvalue weighted by Crippen LogP contribution is 2.45. The Morgan fingerprint density at radius 2 is 1.25 bits per heavy atom. The number of rotatable bonds is 3. The zero-order chi connectivity index (χ0) is 24.3. The molecule has 3 aromatic carbocycles. The predicted octanol–water partition coefficient (Wildman–Crippen LogP) is 9.17. The highest BCUT2D eigenvalue weighted by molar-refractivity contribution is 5.94. The van der Waals surface area contributed by atoms with Crippen LogP contribution in [0, 0.1) is 5.41 Å². The lowest BCUT2D eigenvalue weighted by atomic mass is 9.89. The van der Waals surface area contributed by atoms with Gasteiger partial charge in [0.1, 0.15) is 0 Å². The van der Waals surface area contributed by atoms with Crippen molar-refractivity contribution in [2.75, 3.05) is 5.32 Å². The minimum Gasteiger partial charge on any atom is -0.326 e. The molecule has 2 atom stereocenters. The molecule has 1 N–H and O–H groups in total. The first-order chi connectivity index (χ1) is 15.3. The number of hydrogen-bond donors (Lipinski definition) is 1. The molecule has 0 spiro atoms. The van der Waals surface area contributed by atoms with Crippen LogP contribution >= 0.6 is 0 Å². The number of carbonyl (C=O) groups is 1. The first-order valence-electron chi connectivity index (χ1n) is 12.2. The quantitative estimate of drug-likeness (QED) is 0.438. The van der Waals surface area contributed by atoms with Gasteiger partial charge in [0.2, 0.25) is 5.91 Å². The Labute approximate surface area is 196 Å². The fourth-order valence-electron chi connectivity index (χ4n) is 3.68. The van der Waals surface area contributed by atoms with E-state index in [1.165, 1.54) is 21.9 Å². The lowest BCUT2D eigenvalue weighted by Gasteiger charge is -2.21. The molecule has 2 nitrogen and oxygen atoms in total. The maximum atomic E-state index is 11.8. The summed E-state index contributed by atoms with van der Waals surface area (Å²) in [4.78, 5) is 11.8. The van der Waals surface area contributed by atoms with E-state index in [4.69, 9.17) is 0 Å². The second-order valence-electron chi connectivity index (χ2n) is 8.43. The van der Waals surface area contributed by atoms with Gasteiger partial charge in [-0.05, 0) is 52.3 Å². The molecule has 2 unspecified atom stereocenters. The summed E-state index contributed by atoms with van der Waals surface area (Å²) in [5.41, 5.74) is 3.63. The van der Waals surface area contributed by atoms with E-state index in [-0.39, 0.29) is 11.3 Å². The minimum atomic E-state index is -0.296. The van der Waals surface area contributed by atoms with E-state index in [0.29, 0.717) is 11.8 Å². The van der Waals surface area contributed by atoms with Crippen molar-refractivity contribution in [3.63, 3.8) is 0 Å². The maximum Gasteiger partial charge on any atom is 0.230 e. The van der Waals surface area contributed by atoms with Crippen LogP contribution in [0.5, 0.6) is 0 Å². The number of benzene rings is 3. The van der Waals surface area contributed by atoms with Gasteiger partial charge in [-0.3, -0.25) is 4.79 Å². The average molecular weight is 434 g/mol. The first-order valence-corrected chi connectivity index (χ1v) is 12.2. The van der Waals surface area contributed by atoms with E-state index in [1.54, 1.807) is 0 Å². The van der Waals surface area contributed by atoms with Crippen LogP contribution in [-0.4, -0.2) is 5.91 Å². The molecule has 1 aliphatic carbocycles. The summed E-state index contributed by atoms with van der Waals surface area (Å²) < 4.78 is 0. The van der Waals surface area contributed by atoms with Gasteiger partial charge in [-0.2, -0.15) is 0 Å². The van der Waals surface area contributed by atoms with Gasteiger partial charge in [-0.15, -0.1) is 0 Å². The van der Waals surface area contributed by atoms with Gasteiger partial charge in [-0.1, -0.05) is 117 Å². The number of para-hydroxylation sites is 1. The van der Waals surface area contributed by atoms with Gasteiger partial charge in [-0.25, -0.2) is 0 Å². The van der Waals surface area contributed by atoms with Crippen LogP contribution in [-0.2, 0) is 4.79 Å². The molecular weight excluding hydrogens is 390 g/mol. The number of carbonyl (C=O) groups excluding carboxylic acids is 1. The average Bonchev–Trinajstić information content (AvgIpc) is 3.09. The summed E-state index contributed by atoms with van der Waals surface area (Å²) in [5.74, 6) is 1.43. The molecule has 1 amide bonds. The molecule has 4 rings (SSSR count). The van der Waals surface area contributed by atoms with Gasteiger partial charge in [0, 0.05) is 11.1 Å². The summed E-state index contributed by atoms with van der Waals surface area (Å²) in [6, 6.07) is 22.9. The van der Waals surface area contributed by atoms with Gasteiger partial charge in [0.25, 0.3) is 0 Å². The summed E-state index contributed by atoms with van der Waals surface area (Å²) in [6.45, 7) is 18.6. The molecule has 0 aromatic heterocycles. The first kappa shape index (κ1) is 27.4.